The lowest BCUT2D eigenvalue weighted by atomic mass is 9.79. The molecule has 0 spiro atoms. The summed E-state index contributed by atoms with van der Waals surface area (Å²) in [5.41, 5.74) is 1.22. The monoisotopic (exact) mass is 316 g/mol. The molecule has 0 radical (unpaired) electrons. The first kappa shape index (κ1) is 17.0. The summed E-state index contributed by atoms with van der Waals surface area (Å²) in [6.45, 7) is 6.50. The van der Waals surface area contributed by atoms with Crippen molar-refractivity contribution < 1.29 is 9.90 Å². The van der Waals surface area contributed by atoms with Crippen molar-refractivity contribution in [1.82, 2.24) is 15.2 Å². The fraction of sp³-hybridized carbons (Fsp3) is 0.471. The second-order valence-electron chi connectivity index (χ2n) is 6.36. The zero-order valence-electron chi connectivity index (χ0n) is 13.9. The van der Waals surface area contributed by atoms with Gasteiger partial charge in [-0.1, -0.05) is 46.1 Å². The van der Waals surface area contributed by atoms with Gasteiger partial charge in [-0.3, -0.25) is 10.1 Å². The molecule has 6 heteroatoms. The Morgan fingerprint density at radius 3 is 2.78 bits per heavy atom. The van der Waals surface area contributed by atoms with Crippen LogP contribution in [0.5, 0.6) is 5.75 Å². The van der Waals surface area contributed by atoms with E-state index in [2.05, 4.69) is 41.3 Å². The van der Waals surface area contributed by atoms with Crippen molar-refractivity contribution >= 4 is 11.9 Å². The maximum Gasteiger partial charge on any atom is 0.261 e. The summed E-state index contributed by atoms with van der Waals surface area (Å²) in [5, 5.41) is 18.8. The number of aromatic amines is 1. The predicted octanol–water partition coefficient (Wildman–Crippen LogP) is 3.62. The first-order chi connectivity index (χ1) is 10.9. The molecule has 0 unspecified atom stereocenters. The zero-order valence-corrected chi connectivity index (χ0v) is 13.9. The van der Waals surface area contributed by atoms with E-state index in [4.69, 9.17) is 0 Å². The van der Waals surface area contributed by atoms with Gasteiger partial charge in [0.1, 0.15) is 12.1 Å². The topological polar surface area (TPSA) is 90.9 Å². The van der Waals surface area contributed by atoms with Gasteiger partial charge in [0, 0.05) is 0 Å². The Bertz CT molecular complexity index is 651. The van der Waals surface area contributed by atoms with Crippen LogP contribution in [0.4, 0.5) is 5.95 Å². The fourth-order valence-electron chi connectivity index (χ4n) is 2.54. The van der Waals surface area contributed by atoms with Crippen molar-refractivity contribution in [3.05, 3.63) is 35.7 Å². The highest BCUT2D eigenvalue weighted by atomic mass is 16.3. The smallest absolute Gasteiger partial charge is 0.261 e. The van der Waals surface area contributed by atoms with Crippen molar-refractivity contribution in [2.75, 3.05) is 5.32 Å². The van der Waals surface area contributed by atoms with E-state index in [1.807, 2.05) is 6.07 Å². The van der Waals surface area contributed by atoms with Gasteiger partial charge in [-0.25, -0.2) is 5.10 Å². The maximum atomic E-state index is 12.3. The van der Waals surface area contributed by atoms with Gasteiger partial charge in [-0.2, -0.15) is 10.1 Å². The number of carbonyl (C=O) groups is 1. The molecular weight excluding hydrogens is 292 g/mol. The Morgan fingerprint density at radius 2 is 2.13 bits per heavy atom. The second-order valence-corrected chi connectivity index (χ2v) is 6.36. The molecule has 0 aliphatic rings. The number of nitrogens with one attached hydrogen (secondary N) is 2. The average molecular weight is 316 g/mol. The van der Waals surface area contributed by atoms with Crippen LogP contribution in [-0.4, -0.2) is 26.2 Å². The number of aromatic nitrogens is 3. The number of carbonyl (C=O) groups excluding carboxylic acids is 1. The summed E-state index contributed by atoms with van der Waals surface area (Å²) >= 11 is 0. The molecule has 124 valence electrons. The summed E-state index contributed by atoms with van der Waals surface area (Å²) < 4.78 is 0. The molecule has 1 aromatic heterocycles. The Labute approximate surface area is 136 Å². The van der Waals surface area contributed by atoms with E-state index in [1.165, 1.54) is 19.2 Å². The molecule has 3 N–H and O–H groups in total. The number of hydrogen-bond donors (Lipinski definition) is 3. The predicted molar refractivity (Wildman–Crippen MR) is 89.6 cm³/mol. The lowest BCUT2D eigenvalue weighted by molar-refractivity contribution is 0.102. The molecule has 1 amide bonds. The van der Waals surface area contributed by atoms with E-state index in [0.717, 1.165) is 18.4 Å². The lowest BCUT2D eigenvalue weighted by Crippen LogP contribution is -2.19. The van der Waals surface area contributed by atoms with Crippen LogP contribution < -0.4 is 5.32 Å². The number of amides is 1. The highest BCUT2D eigenvalue weighted by Gasteiger charge is 2.23. The van der Waals surface area contributed by atoms with Crippen molar-refractivity contribution in [1.29, 1.82) is 0 Å². The molecule has 6 nitrogen and oxygen atoms in total. The van der Waals surface area contributed by atoms with Crippen LogP contribution in [0.2, 0.25) is 0 Å². The molecular formula is C17H24N4O2. The van der Waals surface area contributed by atoms with E-state index < -0.39 is 5.91 Å². The maximum absolute atomic E-state index is 12.3. The molecule has 0 saturated carbocycles. The van der Waals surface area contributed by atoms with E-state index >= 15 is 0 Å². The van der Waals surface area contributed by atoms with Gasteiger partial charge in [-0.15, -0.1) is 0 Å². The van der Waals surface area contributed by atoms with Crippen LogP contribution in [0.1, 0.15) is 62.4 Å². The van der Waals surface area contributed by atoms with Gasteiger partial charge < -0.3 is 5.11 Å². The molecule has 2 rings (SSSR count). The molecule has 0 aliphatic carbocycles. The number of hydrogen-bond acceptors (Lipinski definition) is 4. The van der Waals surface area contributed by atoms with Crippen LogP contribution in [0.15, 0.2) is 24.5 Å². The number of rotatable bonds is 7. The molecule has 23 heavy (non-hydrogen) atoms. The van der Waals surface area contributed by atoms with Gasteiger partial charge >= 0.3 is 0 Å². The normalized spacial score (nSPS) is 11.4. The van der Waals surface area contributed by atoms with Crippen LogP contribution in [0.3, 0.4) is 0 Å². The molecule has 0 bridgehead atoms. The third-order valence-electron chi connectivity index (χ3n) is 4.07. The molecule has 0 aliphatic heterocycles. The molecule has 1 aromatic carbocycles. The number of aromatic hydroxyl groups is 1. The number of phenols is 1. The second kappa shape index (κ2) is 7.26. The minimum absolute atomic E-state index is 0.0462. The average Bonchev–Trinajstić information content (AvgIpc) is 3.00. The van der Waals surface area contributed by atoms with E-state index in [-0.39, 0.29) is 22.7 Å². The molecule has 2 aromatic rings. The summed E-state index contributed by atoms with van der Waals surface area (Å²) in [4.78, 5) is 16.2. The van der Waals surface area contributed by atoms with Gasteiger partial charge in [0.25, 0.3) is 5.91 Å². The van der Waals surface area contributed by atoms with Crippen LogP contribution in [-0.2, 0) is 5.41 Å². The van der Waals surface area contributed by atoms with Gasteiger partial charge in [-0.05, 0) is 29.5 Å². The van der Waals surface area contributed by atoms with Crippen molar-refractivity contribution in [3.8, 4) is 5.75 Å². The van der Waals surface area contributed by atoms with Gasteiger partial charge in [0.15, 0.2) is 0 Å². The van der Waals surface area contributed by atoms with Gasteiger partial charge in [0.2, 0.25) is 5.95 Å². The summed E-state index contributed by atoms with van der Waals surface area (Å²) in [7, 11) is 0. The van der Waals surface area contributed by atoms with Crippen LogP contribution >= 0.6 is 0 Å². The zero-order chi connectivity index (χ0) is 16.9. The highest BCUT2D eigenvalue weighted by molar-refractivity contribution is 6.05. The molecule has 0 atom stereocenters. The summed E-state index contributed by atoms with van der Waals surface area (Å²) in [6.07, 6.45) is 5.86. The number of phenolic OH excluding ortho intramolecular Hbond substituents is 1. The standard InChI is InChI=1S/C17H24N4O2/c1-4-5-6-9-17(2,3)12-7-8-14(22)13(10-12)15(23)20-16-18-11-19-21-16/h7-8,10-11,22H,4-6,9H2,1-3H3,(H2,18,19,20,21,23). The minimum Gasteiger partial charge on any atom is -0.507 e. The van der Waals surface area contributed by atoms with E-state index in [1.54, 1.807) is 12.1 Å². The largest absolute Gasteiger partial charge is 0.507 e. The van der Waals surface area contributed by atoms with Crippen molar-refractivity contribution in [2.24, 2.45) is 0 Å². The summed E-state index contributed by atoms with van der Waals surface area (Å²) in [5.74, 6) is -0.206. The van der Waals surface area contributed by atoms with E-state index in [0.29, 0.717) is 0 Å². The van der Waals surface area contributed by atoms with Gasteiger partial charge in [0.05, 0.1) is 5.56 Å². The molecule has 1 heterocycles. The quantitative estimate of drug-likeness (QED) is 0.680. The van der Waals surface area contributed by atoms with E-state index in [9.17, 15) is 9.90 Å². The Hall–Kier alpha value is -2.37. The number of anilines is 1. The summed E-state index contributed by atoms with van der Waals surface area (Å²) in [6, 6.07) is 5.21. The first-order valence-corrected chi connectivity index (χ1v) is 7.94. The fourth-order valence-corrected chi connectivity index (χ4v) is 2.54. The van der Waals surface area contributed by atoms with Crippen LogP contribution in [0, 0.1) is 0 Å². The lowest BCUT2D eigenvalue weighted by Gasteiger charge is -2.26. The van der Waals surface area contributed by atoms with Crippen LogP contribution in [0.25, 0.3) is 0 Å². The molecule has 0 saturated heterocycles. The molecule has 0 fully saturated rings. The van der Waals surface area contributed by atoms with Crippen molar-refractivity contribution in [2.45, 2.75) is 51.9 Å². The SMILES string of the molecule is CCCCCC(C)(C)c1ccc(O)c(C(=O)Nc2ncn[nH]2)c1. The first-order valence-electron chi connectivity index (χ1n) is 7.94. The Kier molecular flexibility index (Phi) is 5.36. The number of unbranched alkanes of at least 4 members (excludes halogenated alkanes) is 2. The third-order valence-corrected chi connectivity index (χ3v) is 4.07. The number of H-pyrrole nitrogens is 1. The van der Waals surface area contributed by atoms with Crippen molar-refractivity contribution in [3.63, 3.8) is 0 Å². The highest BCUT2D eigenvalue weighted by Crippen LogP contribution is 2.32. The Balaban J connectivity index is 2.19. The number of benzene rings is 1. The third kappa shape index (κ3) is 4.31. The minimum atomic E-state index is -0.412. The number of nitrogens with zero attached hydrogens (tertiary/aromatic N) is 2. The Morgan fingerprint density at radius 1 is 1.35 bits per heavy atom.